The monoisotopic (exact) mass is 261 g/mol. The molecule has 0 radical (unpaired) electrons. The van der Waals surface area contributed by atoms with Crippen LogP contribution in [0.2, 0.25) is 0 Å². The smallest absolute Gasteiger partial charge is 0.222 e. The number of aliphatic hydroxyl groups is 1. The van der Waals surface area contributed by atoms with Crippen LogP contribution in [-0.2, 0) is 4.79 Å². The van der Waals surface area contributed by atoms with Crippen molar-refractivity contribution >= 4 is 5.91 Å². The van der Waals surface area contributed by atoms with E-state index in [1.54, 1.807) is 0 Å². The first kappa shape index (κ1) is 14.1. The van der Waals surface area contributed by atoms with E-state index in [2.05, 4.69) is 13.8 Å². The van der Waals surface area contributed by atoms with E-state index in [0.717, 1.165) is 12.1 Å². The normalized spacial score (nSPS) is 21.2. The van der Waals surface area contributed by atoms with Crippen LogP contribution in [-0.4, -0.2) is 29.0 Å². The molecule has 3 nitrogen and oxygen atoms in total. The summed E-state index contributed by atoms with van der Waals surface area (Å²) in [6.45, 7) is 5.83. The van der Waals surface area contributed by atoms with E-state index in [1.165, 1.54) is 0 Å². The number of aliphatic hydroxyl groups excluding tert-OH is 1. The molecule has 1 aliphatic heterocycles. The number of carbonyl (C=O) groups is 1. The molecule has 0 spiro atoms. The molecule has 2 atom stereocenters. The number of likely N-dealkylation sites (tertiary alicyclic amines) is 1. The Morgan fingerprint density at radius 2 is 2.00 bits per heavy atom. The third-order valence-electron chi connectivity index (χ3n) is 4.04. The summed E-state index contributed by atoms with van der Waals surface area (Å²) in [6.07, 6.45) is 0.798. The summed E-state index contributed by atoms with van der Waals surface area (Å²) in [5, 5.41) is 10.1. The molecule has 1 heterocycles. The molecule has 2 unspecified atom stereocenters. The van der Waals surface area contributed by atoms with Crippen molar-refractivity contribution in [3.05, 3.63) is 35.9 Å². The highest BCUT2D eigenvalue weighted by molar-refractivity contribution is 5.78. The van der Waals surface area contributed by atoms with Gasteiger partial charge in [-0.05, 0) is 23.8 Å². The maximum absolute atomic E-state index is 11.9. The van der Waals surface area contributed by atoms with Crippen molar-refractivity contribution in [1.82, 2.24) is 4.90 Å². The number of nitrogens with zero attached hydrogens (tertiary/aromatic N) is 1. The highest BCUT2D eigenvalue weighted by Crippen LogP contribution is 2.26. The van der Waals surface area contributed by atoms with Gasteiger partial charge in [-0.25, -0.2) is 0 Å². The summed E-state index contributed by atoms with van der Waals surface area (Å²) < 4.78 is 0. The molecule has 0 bridgehead atoms. The molecule has 1 fully saturated rings. The van der Waals surface area contributed by atoms with Crippen molar-refractivity contribution in [2.75, 3.05) is 13.1 Å². The molecule has 2 rings (SSSR count). The van der Waals surface area contributed by atoms with Crippen molar-refractivity contribution in [2.24, 2.45) is 11.8 Å². The minimum atomic E-state index is -0.480. The first-order valence-electron chi connectivity index (χ1n) is 7.08. The van der Waals surface area contributed by atoms with Gasteiger partial charge < -0.3 is 10.0 Å². The van der Waals surface area contributed by atoms with Gasteiger partial charge in [0, 0.05) is 19.5 Å². The minimum absolute atomic E-state index is 0.235. The van der Waals surface area contributed by atoms with Crippen LogP contribution in [0.25, 0.3) is 0 Å². The molecule has 1 aromatic rings. The lowest BCUT2D eigenvalue weighted by Crippen LogP contribution is -2.28. The lowest BCUT2D eigenvalue weighted by atomic mass is 9.95. The van der Waals surface area contributed by atoms with Crippen molar-refractivity contribution in [2.45, 2.75) is 32.8 Å². The largest absolute Gasteiger partial charge is 0.388 e. The number of rotatable bonds is 5. The number of hydrogen-bond donors (Lipinski definition) is 1. The maximum Gasteiger partial charge on any atom is 0.222 e. The average Bonchev–Trinajstić information content (AvgIpc) is 2.79. The fourth-order valence-electron chi connectivity index (χ4n) is 2.59. The lowest BCUT2D eigenvalue weighted by Gasteiger charge is -2.20. The van der Waals surface area contributed by atoms with E-state index < -0.39 is 6.10 Å². The molecule has 1 amide bonds. The Hall–Kier alpha value is -1.35. The fourth-order valence-corrected chi connectivity index (χ4v) is 2.59. The van der Waals surface area contributed by atoms with E-state index in [9.17, 15) is 9.90 Å². The molecular formula is C16H23NO2. The fraction of sp³-hybridized carbons (Fsp3) is 0.562. The van der Waals surface area contributed by atoms with Gasteiger partial charge in [-0.2, -0.15) is 0 Å². The van der Waals surface area contributed by atoms with Crippen molar-refractivity contribution in [3.63, 3.8) is 0 Å². The van der Waals surface area contributed by atoms with Gasteiger partial charge >= 0.3 is 0 Å². The number of carbonyl (C=O) groups excluding carboxylic acids is 1. The zero-order valence-electron chi connectivity index (χ0n) is 11.7. The zero-order chi connectivity index (χ0) is 13.8. The predicted octanol–water partition coefficient (Wildman–Crippen LogP) is 2.61. The van der Waals surface area contributed by atoms with E-state index in [0.29, 0.717) is 31.2 Å². The standard InChI is InChI=1S/C16H23NO2/c1-12(2)14-10-16(19)17(11-14)9-8-15(18)13-6-4-3-5-7-13/h3-7,12,14-15,18H,8-11H2,1-2H3. The topological polar surface area (TPSA) is 40.5 Å². The van der Waals surface area contributed by atoms with E-state index in [4.69, 9.17) is 0 Å². The van der Waals surface area contributed by atoms with Crippen molar-refractivity contribution < 1.29 is 9.90 Å². The second-order valence-corrected chi connectivity index (χ2v) is 5.76. The molecule has 19 heavy (non-hydrogen) atoms. The Labute approximate surface area is 115 Å². The summed E-state index contributed by atoms with van der Waals surface area (Å²) >= 11 is 0. The number of benzene rings is 1. The molecule has 1 N–H and O–H groups in total. The zero-order valence-corrected chi connectivity index (χ0v) is 11.7. The molecule has 1 aromatic carbocycles. The third-order valence-corrected chi connectivity index (χ3v) is 4.04. The van der Waals surface area contributed by atoms with Crippen LogP contribution in [0.15, 0.2) is 30.3 Å². The van der Waals surface area contributed by atoms with Gasteiger partial charge in [0.05, 0.1) is 6.10 Å². The minimum Gasteiger partial charge on any atom is -0.388 e. The SMILES string of the molecule is CC(C)C1CC(=O)N(CCC(O)c2ccccc2)C1. The van der Waals surface area contributed by atoms with Crippen LogP contribution >= 0.6 is 0 Å². The summed E-state index contributed by atoms with van der Waals surface area (Å²) in [6, 6.07) is 9.64. The van der Waals surface area contributed by atoms with Gasteiger partial charge in [-0.3, -0.25) is 4.79 Å². The molecule has 0 aromatic heterocycles. The van der Waals surface area contributed by atoms with Crippen LogP contribution in [0.3, 0.4) is 0 Å². The van der Waals surface area contributed by atoms with Gasteiger partial charge in [0.25, 0.3) is 0 Å². The van der Waals surface area contributed by atoms with Gasteiger partial charge in [0.2, 0.25) is 5.91 Å². The highest BCUT2D eigenvalue weighted by atomic mass is 16.3. The summed E-state index contributed by atoms with van der Waals surface area (Å²) in [5.74, 6) is 1.26. The second kappa shape index (κ2) is 6.20. The van der Waals surface area contributed by atoms with E-state index in [1.807, 2.05) is 35.2 Å². The molecule has 104 valence electrons. The van der Waals surface area contributed by atoms with Crippen molar-refractivity contribution in [3.8, 4) is 0 Å². The summed E-state index contributed by atoms with van der Waals surface area (Å²) in [5.41, 5.74) is 0.926. The molecule has 3 heteroatoms. The first-order valence-corrected chi connectivity index (χ1v) is 7.08. The van der Waals surface area contributed by atoms with E-state index in [-0.39, 0.29) is 5.91 Å². The number of hydrogen-bond acceptors (Lipinski definition) is 2. The highest BCUT2D eigenvalue weighted by Gasteiger charge is 2.31. The Bertz CT molecular complexity index is 416. The number of amides is 1. The van der Waals surface area contributed by atoms with Crippen LogP contribution in [0.1, 0.15) is 38.4 Å². The van der Waals surface area contributed by atoms with Gasteiger partial charge in [-0.15, -0.1) is 0 Å². The van der Waals surface area contributed by atoms with Crippen LogP contribution in [0.4, 0.5) is 0 Å². The lowest BCUT2D eigenvalue weighted by molar-refractivity contribution is -0.128. The second-order valence-electron chi connectivity index (χ2n) is 5.76. The van der Waals surface area contributed by atoms with E-state index >= 15 is 0 Å². The quantitative estimate of drug-likeness (QED) is 0.885. The summed E-state index contributed by atoms with van der Waals surface area (Å²) in [7, 11) is 0. The molecule has 1 aliphatic rings. The van der Waals surface area contributed by atoms with Gasteiger partial charge in [0.15, 0.2) is 0 Å². The first-order chi connectivity index (χ1) is 9.08. The average molecular weight is 261 g/mol. The van der Waals surface area contributed by atoms with Crippen molar-refractivity contribution in [1.29, 1.82) is 0 Å². The molecule has 0 saturated carbocycles. The Balaban J connectivity index is 1.84. The molecular weight excluding hydrogens is 238 g/mol. The maximum atomic E-state index is 11.9. The van der Waals surface area contributed by atoms with Crippen LogP contribution in [0.5, 0.6) is 0 Å². The van der Waals surface area contributed by atoms with Gasteiger partial charge in [0.1, 0.15) is 0 Å². The Morgan fingerprint density at radius 1 is 1.32 bits per heavy atom. The van der Waals surface area contributed by atoms with Crippen LogP contribution in [0, 0.1) is 11.8 Å². The third kappa shape index (κ3) is 3.57. The Kier molecular flexibility index (Phi) is 4.59. The predicted molar refractivity (Wildman–Crippen MR) is 75.5 cm³/mol. The molecule has 1 saturated heterocycles. The molecule has 0 aliphatic carbocycles. The van der Waals surface area contributed by atoms with Gasteiger partial charge in [-0.1, -0.05) is 44.2 Å². The summed E-state index contributed by atoms with van der Waals surface area (Å²) in [4.78, 5) is 13.8. The Morgan fingerprint density at radius 3 is 2.58 bits per heavy atom. The van der Waals surface area contributed by atoms with Crippen LogP contribution < -0.4 is 0 Å².